The first-order valence-electron chi connectivity index (χ1n) is 11.4. The van der Waals surface area contributed by atoms with Crippen LogP contribution in [0.15, 0.2) is 52.7 Å². The molecule has 0 saturated carbocycles. The molecular weight excluding hydrogens is 468 g/mol. The van der Waals surface area contributed by atoms with Gasteiger partial charge in [0.15, 0.2) is 4.21 Å². The second-order valence-electron chi connectivity index (χ2n) is 8.55. The van der Waals surface area contributed by atoms with E-state index in [1.54, 1.807) is 27.1 Å². The van der Waals surface area contributed by atoms with E-state index in [1.807, 2.05) is 25.1 Å². The summed E-state index contributed by atoms with van der Waals surface area (Å²) in [6.45, 7) is 5.11. The van der Waals surface area contributed by atoms with Crippen LogP contribution in [0.3, 0.4) is 0 Å². The molecule has 1 aromatic heterocycles. The Morgan fingerprint density at radius 1 is 1.21 bits per heavy atom. The van der Waals surface area contributed by atoms with Crippen LogP contribution in [0.4, 0.5) is 5.69 Å². The molecule has 0 amide bonds. The molecule has 2 atom stereocenters. The molecule has 0 unspecified atom stereocenters. The fraction of sp³-hybridized carbons (Fsp3) is 0.400. The number of methoxy groups -OCH3 is 1. The van der Waals surface area contributed by atoms with Gasteiger partial charge in [-0.3, -0.25) is 4.31 Å². The maximum atomic E-state index is 13.3. The quantitative estimate of drug-likeness (QED) is 0.483. The van der Waals surface area contributed by atoms with Crippen LogP contribution < -0.4 is 19.7 Å². The van der Waals surface area contributed by atoms with E-state index in [2.05, 4.69) is 39.9 Å². The second kappa shape index (κ2) is 10.4. The van der Waals surface area contributed by atoms with Crippen molar-refractivity contribution in [3.8, 4) is 5.75 Å². The molecule has 1 aliphatic heterocycles. The van der Waals surface area contributed by atoms with Gasteiger partial charge in [-0.2, -0.15) is 0 Å². The molecule has 1 aliphatic rings. The summed E-state index contributed by atoms with van der Waals surface area (Å²) in [5.41, 5.74) is 3.30. The molecule has 7 nitrogen and oxygen atoms in total. The van der Waals surface area contributed by atoms with Crippen molar-refractivity contribution in [2.45, 2.75) is 49.5 Å². The predicted octanol–water partition coefficient (Wildman–Crippen LogP) is 4.18. The van der Waals surface area contributed by atoms with Gasteiger partial charge in [0.05, 0.1) is 23.5 Å². The lowest BCUT2D eigenvalue weighted by molar-refractivity contribution is 0.303. The van der Waals surface area contributed by atoms with Gasteiger partial charge in [0.2, 0.25) is 0 Å². The Morgan fingerprint density at radius 2 is 1.97 bits per heavy atom. The first kappa shape index (κ1) is 24.7. The van der Waals surface area contributed by atoms with Gasteiger partial charge in [0.1, 0.15) is 5.75 Å². The third kappa shape index (κ3) is 5.12. The Hall–Kier alpha value is -2.46. The van der Waals surface area contributed by atoms with Crippen molar-refractivity contribution in [2.24, 2.45) is 0 Å². The molecule has 0 bridgehead atoms. The Balaban J connectivity index is 1.56. The van der Waals surface area contributed by atoms with Crippen LogP contribution in [0.2, 0.25) is 0 Å². The SMILES string of the molecule is COc1ccc(N(C)S(=O)(=O)c2sc(C)nc2C)cc1CN[C@H]1CCCN[C@H]1c1ccccc1. The summed E-state index contributed by atoms with van der Waals surface area (Å²) in [7, 11) is -0.481. The van der Waals surface area contributed by atoms with Crippen molar-refractivity contribution >= 4 is 27.0 Å². The van der Waals surface area contributed by atoms with Crippen molar-refractivity contribution in [3.05, 3.63) is 70.4 Å². The van der Waals surface area contributed by atoms with Crippen molar-refractivity contribution in [1.29, 1.82) is 0 Å². The Kier molecular flexibility index (Phi) is 7.57. The predicted molar refractivity (Wildman–Crippen MR) is 137 cm³/mol. The lowest BCUT2D eigenvalue weighted by Gasteiger charge is -2.34. The van der Waals surface area contributed by atoms with E-state index in [0.717, 1.165) is 35.7 Å². The minimum Gasteiger partial charge on any atom is -0.496 e. The topological polar surface area (TPSA) is 83.6 Å². The highest BCUT2D eigenvalue weighted by molar-refractivity contribution is 7.94. The van der Waals surface area contributed by atoms with Crippen LogP contribution in [-0.2, 0) is 16.6 Å². The molecule has 2 aromatic carbocycles. The van der Waals surface area contributed by atoms with E-state index in [9.17, 15) is 8.42 Å². The number of nitrogens with one attached hydrogen (secondary N) is 2. The average molecular weight is 501 g/mol. The molecule has 182 valence electrons. The normalized spacial score (nSPS) is 18.6. The molecule has 0 radical (unpaired) electrons. The molecule has 1 saturated heterocycles. The van der Waals surface area contributed by atoms with Gasteiger partial charge < -0.3 is 15.4 Å². The van der Waals surface area contributed by atoms with Crippen molar-refractivity contribution < 1.29 is 13.2 Å². The van der Waals surface area contributed by atoms with Crippen molar-refractivity contribution in [3.63, 3.8) is 0 Å². The molecule has 2 N–H and O–H groups in total. The molecular formula is C25H32N4O3S2. The molecule has 0 aliphatic carbocycles. The number of anilines is 1. The Labute approximate surface area is 206 Å². The number of piperidine rings is 1. The van der Waals surface area contributed by atoms with E-state index < -0.39 is 10.0 Å². The van der Waals surface area contributed by atoms with Crippen LogP contribution >= 0.6 is 11.3 Å². The summed E-state index contributed by atoms with van der Waals surface area (Å²) < 4.78 is 33.8. The fourth-order valence-electron chi connectivity index (χ4n) is 4.47. The molecule has 2 heterocycles. The number of rotatable bonds is 8. The second-order valence-corrected chi connectivity index (χ2v) is 11.9. The number of hydrogen-bond donors (Lipinski definition) is 2. The van der Waals surface area contributed by atoms with E-state index in [-0.39, 0.29) is 16.3 Å². The van der Waals surface area contributed by atoms with Crippen molar-refractivity contribution in [1.82, 2.24) is 15.6 Å². The van der Waals surface area contributed by atoms with Crippen LogP contribution in [-0.4, -0.2) is 40.1 Å². The Morgan fingerprint density at radius 3 is 2.65 bits per heavy atom. The summed E-state index contributed by atoms with van der Waals surface area (Å²) in [6, 6.07) is 16.5. The maximum absolute atomic E-state index is 13.3. The van der Waals surface area contributed by atoms with Gasteiger partial charge in [0.25, 0.3) is 10.0 Å². The first-order chi connectivity index (χ1) is 16.3. The lowest BCUT2D eigenvalue weighted by Crippen LogP contribution is -2.45. The average Bonchev–Trinajstić information content (AvgIpc) is 3.21. The molecule has 34 heavy (non-hydrogen) atoms. The smallest absolute Gasteiger partial charge is 0.275 e. The number of nitrogens with zero attached hydrogens (tertiary/aromatic N) is 2. The van der Waals surface area contributed by atoms with Crippen LogP contribution in [0.1, 0.15) is 40.7 Å². The van der Waals surface area contributed by atoms with E-state index in [0.29, 0.717) is 17.9 Å². The molecule has 9 heteroatoms. The fourth-order valence-corrected chi connectivity index (χ4v) is 7.30. The number of thiazole rings is 1. The zero-order valence-electron chi connectivity index (χ0n) is 20.0. The van der Waals surface area contributed by atoms with Gasteiger partial charge in [-0.25, -0.2) is 13.4 Å². The Bertz CT molecular complexity index is 1230. The van der Waals surface area contributed by atoms with Gasteiger partial charge in [-0.1, -0.05) is 30.3 Å². The summed E-state index contributed by atoms with van der Waals surface area (Å²) in [5, 5.41) is 8.07. The van der Waals surface area contributed by atoms with Gasteiger partial charge in [-0.05, 0) is 57.0 Å². The number of sulfonamides is 1. The van der Waals surface area contributed by atoms with Gasteiger partial charge in [-0.15, -0.1) is 11.3 Å². The summed E-state index contributed by atoms with van der Waals surface area (Å²) in [4.78, 5) is 4.29. The monoisotopic (exact) mass is 500 g/mol. The largest absolute Gasteiger partial charge is 0.496 e. The molecule has 1 fully saturated rings. The standard InChI is InChI=1S/C25H32N4O3S2/c1-17-25(33-18(2)28-17)34(30,31)29(3)21-12-13-23(32-4)20(15-21)16-27-22-11-8-14-26-24(22)19-9-6-5-7-10-19/h5-7,9-10,12-13,15,22,24,26-27H,8,11,14,16H2,1-4H3/t22-,24-/m0/s1. The highest BCUT2D eigenvalue weighted by Crippen LogP contribution is 2.32. The maximum Gasteiger partial charge on any atom is 0.275 e. The summed E-state index contributed by atoms with van der Waals surface area (Å²) in [5.74, 6) is 0.729. The number of ether oxygens (including phenoxy) is 1. The van der Waals surface area contributed by atoms with E-state index in [4.69, 9.17) is 4.74 Å². The zero-order chi connectivity index (χ0) is 24.3. The highest BCUT2D eigenvalue weighted by atomic mass is 32.2. The molecule has 4 rings (SSSR count). The third-order valence-corrected chi connectivity index (χ3v) is 9.70. The number of hydrogen-bond acceptors (Lipinski definition) is 7. The van der Waals surface area contributed by atoms with Crippen molar-refractivity contribution in [2.75, 3.05) is 25.0 Å². The zero-order valence-corrected chi connectivity index (χ0v) is 21.7. The minimum absolute atomic E-state index is 0.227. The third-order valence-electron chi connectivity index (χ3n) is 6.26. The van der Waals surface area contributed by atoms with Crippen LogP contribution in [0, 0.1) is 13.8 Å². The summed E-state index contributed by atoms with van der Waals surface area (Å²) in [6.07, 6.45) is 2.17. The van der Waals surface area contributed by atoms with Gasteiger partial charge >= 0.3 is 0 Å². The summed E-state index contributed by atoms with van der Waals surface area (Å²) >= 11 is 1.20. The molecule has 3 aromatic rings. The number of aromatic nitrogens is 1. The van der Waals surface area contributed by atoms with E-state index >= 15 is 0 Å². The van der Waals surface area contributed by atoms with Crippen LogP contribution in [0.5, 0.6) is 5.75 Å². The molecule has 0 spiro atoms. The van der Waals surface area contributed by atoms with E-state index in [1.165, 1.54) is 21.2 Å². The highest BCUT2D eigenvalue weighted by Gasteiger charge is 2.28. The van der Waals surface area contributed by atoms with Gasteiger partial charge in [0, 0.05) is 31.2 Å². The minimum atomic E-state index is -3.70. The number of aryl methyl sites for hydroxylation is 2. The lowest BCUT2D eigenvalue weighted by atomic mass is 9.92. The first-order valence-corrected chi connectivity index (χ1v) is 13.7. The number of benzene rings is 2. The van der Waals surface area contributed by atoms with Crippen LogP contribution in [0.25, 0.3) is 0 Å².